The number of nitrogens with zero attached hydrogens (tertiary/aromatic N) is 1. The van der Waals surface area contributed by atoms with E-state index >= 15 is 0 Å². The average Bonchev–Trinajstić information content (AvgIpc) is 2.45. The van der Waals surface area contributed by atoms with Crippen LogP contribution in [0.1, 0.15) is 52.4 Å². The number of likely N-dealkylation sites (tertiary alicyclic amines) is 1. The molecule has 0 atom stereocenters. The van der Waals surface area contributed by atoms with Crippen LogP contribution in [0.5, 0.6) is 0 Å². The van der Waals surface area contributed by atoms with E-state index in [0.717, 1.165) is 5.41 Å². The van der Waals surface area contributed by atoms with Crippen LogP contribution in [-0.2, 0) is 0 Å². The largest absolute Gasteiger partial charge is 0.306 e. The highest BCUT2D eigenvalue weighted by atomic mass is 15.1. The second-order valence-electron chi connectivity index (χ2n) is 4.51. The van der Waals surface area contributed by atoms with Gasteiger partial charge in [0.05, 0.1) is 0 Å². The summed E-state index contributed by atoms with van der Waals surface area (Å²) in [4.78, 5) is 2.49. The van der Waals surface area contributed by atoms with Gasteiger partial charge in [0.1, 0.15) is 0 Å². The summed E-state index contributed by atoms with van der Waals surface area (Å²) in [7, 11) is 2.26. The molecule has 15 heavy (non-hydrogen) atoms. The second-order valence-corrected chi connectivity index (χ2v) is 4.51. The lowest BCUT2D eigenvalue weighted by molar-refractivity contribution is 0.110. The molecule has 0 radical (unpaired) electrons. The first-order valence-corrected chi connectivity index (χ1v) is 6.49. The van der Waals surface area contributed by atoms with E-state index in [1.54, 1.807) is 0 Å². The quantitative estimate of drug-likeness (QED) is 0.545. The Bertz CT molecular complexity index is 149. The Balaban J connectivity index is 0.000000442. The lowest BCUT2D eigenvalue weighted by Gasteiger charge is -2.41. The molecule has 0 aromatic heterocycles. The maximum absolute atomic E-state index is 3.00. The van der Waals surface area contributed by atoms with Crippen LogP contribution in [0.15, 0.2) is 13.2 Å². The zero-order chi connectivity index (χ0) is 11.7. The zero-order valence-electron chi connectivity index (χ0n) is 11.0. The van der Waals surface area contributed by atoms with Crippen molar-refractivity contribution in [2.24, 2.45) is 5.41 Å². The summed E-state index contributed by atoms with van der Waals surface area (Å²) in [6.45, 7) is 12.7. The molecule has 2 aliphatic rings. The van der Waals surface area contributed by atoms with Gasteiger partial charge in [-0.15, -0.1) is 13.2 Å². The van der Waals surface area contributed by atoms with Gasteiger partial charge >= 0.3 is 0 Å². The Morgan fingerprint density at radius 1 is 0.867 bits per heavy atom. The monoisotopic (exact) mass is 211 g/mol. The fourth-order valence-corrected chi connectivity index (χ4v) is 2.57. The van der Waals surface area contributed by atoms with E-state index in [0.29, 0.717) is 0 Å². The minimum absolute atomic E-state index is 0.824. The molecule has 2 fully saturated rings. The smallest absolute Gasteiger partial charge is 0.00165 e. The number of rotatable bonds is 0. The summed E-state index contributed by atoms with van der Waals surface area (Å²) in [5.74, 6) is 0. The third-order valence-electron chi connectivity index (χ3n) is 3.69. The van der Waals surface area contributed by atoms with Gasteiger partial charge in [-0.3, -0.25) is 0 Å². The Morgan fingerprint density at radius 3 is 1.87 bits per heavy atom. The van der Waals surface area contributed by atoms with Crippen molar-refractivity contribution in [2.75, 3.05) is 20.1 Å². The molecule has 1 aliphatic carbocycles. The third-order valence-corrected chi connectivity index (χ3v) is 3.69. The summed E-state index contributed by atoms with van der Waals surface area (Å²) in [5.41, 5.74) is 0.824. The van der Waals surface area contributed by atoms with Gasteiger partial charge < -0.3 is 4.90 Å². The fourth-order valence-electron chi connectivity index (χ4n) is 2.57. The molecule has 1 spiro atoms. The highest BCUT2D eigenvalue weighted by molar-refractivity contribution is 4.89. The predicted octanol–water partition coefficient (Wildman–Crippen LogP) is 4.10. The van der Waals surface area contributed by atoms with Crippen LogP contribution in [0.4, 0.5) is 0 Å². The van der Waals surface area contributed by atoms with Crippen LogP contribution in [0.3, 0.4) is 0 Å². The molecule has 0 aromatic rings. The molecule has 1 nitrogen and oxygen atoms in total. The molecule has 1 saturated carbocycles. The van der Waals surface area contributed by atoms with Crippen molar-refractivity contribution in [3.8, 4) is 0 Å². The van der Waals surface area contributed by atoms with Crippen LogP contribution in [0, 0.1) is 5.41 Å². The number of hydrogen-bond donors (Lipinski definition) is 0. The van der Waals surface area contributed by atoms with Crippen molar-refractivity contribution in [3.05, 3.63) is 13.2 Å². The van der Waals surface area contributed by atoms with E-state index < -0.39 is 0 Å². The standard InChI is InChI=1S/C10H19N.C2H6.C2H4/c1-11-8-3-6-10(7-9-11)4-2-5-10;2*1-2/h2-9H2,1H3;1-2H3;1-2H2. The van der Waals surface area contributed by atoms with E-state index in [4.69, 9.17) is 0 Å². The van der Waals surface area contributed by atoms with Crippen LogP contribution in [-0.4, -0.2) is 25.0 Å². The lowest BCUT2D eigenvalue weighted by Crippen LogP contribution is -2.30. The second kappa shape index (κ2) is 7.92. The van der Waals surface area contributed by atoms with E-state index in [1.807, 2.05) is 13.8 Å². The molecular formula is C14H29N. The molecule has 1 heterocycles. The van der Waals surface area contributed by atoms with Crippen molar-refractivity contribution in [2.45, 2.75) is 52.4 Å². The maximum Gasteiger partial charge on any atom is -0.00165 e. The highest BCUT2D eigenvalue weighted by Crippen LogP contribution is 2.48. The Hall–Kier alpha value is -0.300. The molecule has 1 saturated heterocycles. The van der Waals surface area contributed by atoms with E-state index in [2.05, 4.69) is 25.1 Å². The SMILES string of the molecule is C=C.CC.CN1CCCC2(CCC2)CC1. The molecule has 1 heteroatoms. The maximum atomic E-state index is 3.00. The summed E-state index contributed by atoms with van der Waals surface area (Å²) in [5, 5.41) is 0. The average molecular weight is 211 g/mol. The van der Waals surface area contributed by atoms with Gasteiger partial charge in [0.15, 0.2) is 0 Å². The molecule has 0 amide bonds. The minimum Gasteiger partial charge on any atom is -0.306 e. The normalized spacial score (nSPS) is 23.7. The molecule has 0 unspecified atom stereocenters. The van der Waals surface area contributed by atoms with Crippen LogP contribution >= 0.6 is 0 Å². The summed E-state index contributed by atoms with van der Waals surface area (Å²) in [6.07, 6.45) is 8.99. The van der Waals surface area contributed by atoms with Crippen molar-refractivity contribution >= 4 is 0 Å². The highest BCUT2D eigenvalue weighted by Gasteiger charge is 2.37. The molecule has 0 N–H and O–H groups in total. The van der Waals surface area contributed by atoms with Crippen LogP contribution in [0.2, 0.25) is 0 Å². The van der Waals surface area contributed by atoms with Crippen molar-refractivity contribution in [3.63, 3.8) is 0 Å². The number of hydrogen-bond acceptors (Lipinski definition) is 1. The first-order chi connectivity index (χ1) is 7.31. The molecule has 90 valence electrons. The van der Waals surface area contributed by atoms with Gasteiger partial charge in [0.25, 0.3) is 0 Å². The van der Waals surface area contributed by atoms with Gasteiger partial charge in [-0.25, -0.2) is 0 Å². The van der Waals surface area contributed by atoms with Crippen molar-refractivity contribution in [1.82, 2.24) is 4.90 Å². The first kappa shape index (κ1) is 14.7. The van der Waals surface area contributed by atoms with E-state index in [9.17, 15) is 0 Å². The third kappa shape index (κ3) is 4.38. The Labute approximate surface area is 96.6 Å². The van der Waals surface area contributed by atoms with Gasteiger partial charge in [-0.05, 0) is 57.7 Å². The van der Waals surface area contributed by atoms with Crippen LogP contribution in [0.25, 0.3) is 0 Å². The van der Waals surface area contributed by atoms with Gasteiger partial charge in [0.2, 0.25) is 0 Å². The molecule has 0 bridgehead atoms. The Morgan fingerprint density at radius 2 is 1.40 bits per heavy atom. The summed E-state index contributed by atoms with van der Waals surface area (Å²) >= 11 is 0. The zero-order valence-corrected chi connectivity index (χ0v) is 11.0. The summed E-state index contributed by atoms with van der Waals surface area (Å²) < 4.78 is 0. The summed E-state index contributed by atoms with van der Waals surface area (Å²) in [6, 6.07) is 0. The topological polar surface area (TPSA) is 3.24 Å². The molecule has 2 rings (SSSR count). The first-order valence-electron chi connectivity index (χ1n) is 6.49. The predicted molar refractivity (Wildman–Crippen MR) is 70.2 cm³/mol. The molecule has 0 aromatic carbocycles. The van der Waals surface area contributed by atoms with Gasteiger partial charge in [-0.2, -0.15) is 0 Å². The van der Waals surface area contributed by atoms with Crippen molar-refractivity contribution in [1.29, 1.82) is 0 Å². The fraction of sp³-hybridized carbons (Fsp3) is 0.857. The molecular weight excluding hydrogens is 182 g/mol. The lowest BCUT2D eigenvalue weighted by atomic mass is 9.64. The molecule has 1 aliphatic heterocycles. The van der Waals surface area contributed by atoms with Crippen molar-refractivity contribution < 1.29 is 0 Å². The Kier molecular flexibility index (Phi) is 7.76. The minimum atomic E-state index is 0.824. The van der Waals surface area contributed by atoms with E-state index in [1.165, 1.54) is 51.6 Å². The van der Waals surface area contributed by atoms with E-state index in [-0.39, 0.29) is 0 Å². The van der Waals surface area contributed by atoms with Gasteiger partial charge in [-0.1, -0.05) is 20.3 Å². The van der Waals surface area contributed by atoms with Gasteiger partial charge in [0, 0.05) is 0 Å². The van der Waals surface area contributed by atoms with Crippen LogP contribution < -0.4 is 0 Å².